The zero-order valence-electron chi connectivity index (χ0n) is 18.1. The highest BCUT2D eigenvalue weighted by Crippen LogP contribution is 2.08. The second kappa shape index (κ2) is 14.1. The van der Waals surface area contributed by atoms with Gasteiger partial charge in [-0.2, -0.15) is 0 Å². The summed E-state index contributed by atoms with van der Waals surface area (Å²) >= 11 is 0. The predicted molar refractivity (Wildman–Crippen MR) is 129 cm³/mol. The Bertz CT molecular complexity index is 1100. The van der Waals surface area contributed by atoms with Crippen LogP contribution in [-0.4, -0.2) is 53.8 Å². The zero-order valence-corrected chi connectivity index (χ0v) is 18.1. The van der Waals surface area contributed by atoms with Crippen LogP contribution in [0.5, 0.6) is 0 Å². The molecule has 0 fully saturated rings. The minimum atomic E-state index is -1.30. The maximum Gasteiger partial charge on any atom is 0.268 e. The summed E-state index contributed by atoms with van der Waals surface area (Å²) < 4.78 is 0. The molecule has 2 atom stereocenters. The van der Waals surface area contributed by atoms with Crippen LogP contribution in [0.15, 0.2) is 48.5 Å². The molecule has 0 radical (unpaired) electrons. The van der Waals surface area contributed by atoms with E-state index in [4.69, 9.17) is 5.21 Å². The van der Waals surface area contributed by atoms with Crippen LogP contribution in [0.2, 0.25) is 0 Å². The molecular weight excluding hydrogens is 436 g/mol. The van der Waals surface area contributed by atoms with Crippen molar-refractivity contribution in [3.63, 3.8) is 0 Å². The molecule has 0 bridgehead atoms. The van der Waals surface area contributed by atoms with Gasteiger partial charge in [0.15, 0.2) is 0 Å². The van der Waals surface area contributed by atoms with Crippen molar-refractivity contribution in [2.75, 3.05) is 18.9 Å². The minimum Gasteiger partial charge on any atom is -0.391 e. The van der Waals surface area contributed by atoms with E-state index in [1.807, 2.05) is 0 Å². The number of aliphatic hydroxyl groups excluding tert-OH is 1. The molecule has 2 aromatic rings. The Kier molecular flexibility index (Phi) is 11.6. The van der Waals surface area contributed by atoms with Crippen molar-refractivity contribution in [3.05, 3.63) is 65.2 Å². The average Bonchev–Trinajstić information content (AvgIpc) is 2.81. The topological polar surface area (TPSA) is 140 Å². The Labute approximate surface area is 198 Å². The van der Waals surface area contributed by atoms with E-state index < -0.39 is 24.0 Å². The molecule has 2 rings (SSSR count). The van der Waals surface area contributed by atoms with Gasteiger partial charge in [0.2, 0.25) is 5.91 Å². The van der Waals surface area contributed by atoms with Crippen LogP contribution in [0.25, 0.3) is 0 Å². The summed E-state index contributed by atoms with van der Waals surface area (Å²) in [5, 5.41) is 26.2. The predicted octanol–water partition coefficient (Wildman–Crippen LogP) is 0.868. The summed E-state index contributed by atoms with van der Waals surface area (Å²) in [7, 11) is 1.69. The number of carbonyl (C=O) groups is 3. The lowest BCUT2D eigenvalue weighted by atomic mass is 10.1. The lowest BCUT2D eigenvalue weighted by molar-refractivity contribution is -0.133. The van der Waals surface area contributed by atoms with Gasteiger partial charge in [0.1, 0.15) is 6.04 Å². The Hall–Kier alpha value is -4.15. The molecule has 0 unspecified atom stereocenters. The van der Waals surface area contributed by atoms with Gasteiger partial charge in [0.05, 0.1) is 12.6 Å². The van der Waals surface area contributed by atoms with E-state index in [0.717, 1.165) is 5.56 Å². The van der Waals surface area contributed by atoms with E-state index in [0.29, 0.717) is 11.3 Å². The molecule has 0 saturated carbocycles. The largest absolute Gasteiger partial charge is 0.391 e. The molecule has 0 aliphatic rings. The van der Waals surface area contributed by atoms with E-state index in [-0.39, 0.29) is 25.4 Å². The van der Waals surface area contributed by atoms with Crippen molar-refractivity contribution < 1.29 is 24.7 Å². The molecule has 9 nitrogen and oxygen atoms in total. The molecule has 0 heterocycles. The van der Waals surface area contributed by atoms with Crippen LogP contribution >= 0.6 is 0 Å². The molecule has 3 amide bonds. The third kappa shape index (κ3) is 8.77. The first-order chi connectivity index (χ1) is 15.8. The van der Waals surface area contributed by atoms with E-state index in [9.17, 15) is 19.5 Å². The second-order valence-electron chi connectivity index (χ2n) is 6.90. The molecule has 0 aliphatic carbocycles. The Morgan fingerprint density at radius 3 is 1.94 bits per heavy atom. The smallest absolute Gasteiger partial charge is 0.268 e. The fourth-order valence-electron chi connectivity index (χ4n) is 2.61. The van der Waals surface area contributed by atoms with Crippen molar-refractivity contribution in [1.29, 1.82) is 0 Å². The molecule has 0 spiro atoms. The molecule has 0 saturated heterocycles. The molecule has 6 N–H and O–H groups in total. The summed E-state index contributed by atoms with van der Waals surface area (Å²) in [6.45, 7) is 1.55. The van der Waals surface area contributed by atoms with Crippen molar-refractivity contribution in [2.24, 2.45) is 0 Å². The number of amides is 3. The first-order valence-electron chi connectivity index (χ1n) is 9.93. The molecule has 34 heavy (non-hydrogen) atoms. The summed E-state index contributed by atoms with van der Waals surface area (Å²) in [6, 6.07) is 12.0. The standard InChI is InChI=1S/C24H24N4O5.CH4/c1-16(29)22(24(32)28-33)27-23(31)19-11-7-17(8-12-19)5-3-4-6-18-9-13-20(14-10-18)26-21(30)15-25-2;/h7-14,16,22,25,29,33H,15H2,1-2H3,(H,26,30)(H,27,31)(H,28,32);1H4/t16-,22+;/m1./s1. The van der Waals surface area contributed by atoms with Crippen LogP contribution in [-0.2, 0) is 9.59 Å². The van der Waals surface area contributed by atoms with Gasteiger partial charge in [-0.15, -0.1) is 0 Å². The van der Waals surface area contributed by atoms with Crippen LogP contribution in [0.3, 0.4) is 0 Å². The van der Waals surface area contributed by atoms with E-state index in [2.05, 4.69) is 39.6 Å². The van der Waals surface area contributed by atoms with Gasteiger partial charge >= 0.3 is 0 Å². The molecule has 2 aromatic carbocycles. The summed E-state index contributed by atoms with van der Waals surface area (Å²) in [5.41, 5.74) is 3.70. The highest BCUT2D eigenvalue weighted by molar-refractivity contribution is 5.97. The van der Waals surface area contributed by atoms with Gasteiger partial charge in [0, 0.05) is 22.4 Å². The fourth-order valence-corrected chi connectivity index (χ4v) is 2.61. The van der Waals surface area contributed by atoms with Crippen molar-refractivity contribution in [1.82, 2.24) is 16.1 Å². The maximum absolute atomic E-state index is 12.3. The third-order valence-electron chi connectivity index (χ3n) is 4.29. The van der Waals surface area contributed by atoms with Crippen molar-refractivity contribution in [2.45, 2.75) is 26.5 Å². The summed E-state index contributed by atoms with van der Waals surface area (Å²) in [6.07, 6.45) is -1.20. The van der Waals surface area contributed by atoms with E-state index in [1.54, 1.807) is 43.4 Å². The highest BCUT2D eigenvalue weighted by atomic mass is 16.5. The monoisotopic (exact) mass is 464 g/mol. The lowest BCUT2D eigenvalue weighted by Crippen LogP contribution is -2.51. The average molecular weight is 465 g/mol. The number of benzene rings is 2. The third-order valence-corrected chi connectivity index (χ3v) is 4.29. The summed E-state index contributed by atoms with van der Waals surface area (Å²) in [4.78, 5) is 35.3. The van der Waals surface area contributed by atoms with Gasteiger partial charge < -0.3 is 21.1 Å². The molecule has 0 aromatic heterocycles. The number of likely N-dealkylation sites (N-methyl/N-ethyl adjacent to an activating group) is 1. The number of hydrogen-bond donors (Lipinski definition) is 6. The number of aliphatic hydroxyl groups is 1. The molecule has 0 aliphatic heterocycles. The Morgan fingerprint density at radius 1 is 0.941 bits per heavy atom. The lowest BCUT2D eigenvalue weighted by Gasteiger charge is -2.19. The van der Waals surface area contributed by atoms with E-state index in [1.165, 1.54) is 24.5 Å². The first-order valence-corrected chi connectivity index (χ1v) is 9.93. The SMILES string of the molecule is C.CNCC(=O)Nc1ccc(C#CC#Cc2ccc(C(=O)N[C@H](C(=O)NO)[C@@H](C)O)cc2)cc1. The quantitative estimate of drug-likeness (QED) is 0.204. The van der Waals surface area contributed by atoms with Crippen LogP contribution in [0.4, 0.5) is 5.69 Å². The number of hydroxylamine groups is 1. The minimum absolute atomic E-state index is 0. The maximum atomic E-state index is 12.3. The Morgan fingerprint density at radius 2 is 1.47 bits per heavy atom. The molecule has 178 valence electrons. The van der Waals surface area contributed by atoms with Gasteiger partial charge in [-0.1, -0.05) is 19.3 Å². The first kappa shape index (κ1) is 27.9. The fraction of sp³-hybridized carbons (Fsp3) is 0.240. The van der Waals surface area contributed by atoms with Crippen molar-refractivity contribution >= 4 is 23.4 Å². The van der Waals surface area contributed by atoms with Gasteiger partial charge in [-0.25, -0.2) is 5.48 Å². The zero-order chi connectivity index (χ0) is 24.2. The van der Waals surface area contributed by atoms with E-state index >= 15 is 0 Å². The van der Waals surface area contributed by atoms with Crippen LogP contribution in [0.1, 0.15) is 35.8 Å². The van der Waals surface area contributed by atoms with Gasteiger partial charge in [0.25, 0.3) is 11.8 Å². The number of nitrogens with one attached hydrogen (secondary N) is 4. The highest BCUT2D eigenvalue weighted by Gasteiger charge is 2.25. The number of hydrogen-bond acceptors (Lipinski definition) is 6. The Balaban J connectivity index is 0.00000578. The van der Waals surface area contributed by atoms with Crippen LogP contribution < -0.4 is 21.4 Å². The number of rotatable bonds is 7. The normalized spacial score (nSPS) is 11.2. The molecular formula is C25H28N4O5. The number of carbonyl (C=O) groups excluding carboxylic acids is 3. The van der Waals surface area contributed by atoms with Crippen LogP contribution in [0, 0.1) is 23.7 Å². The van der Waals surface area contributed by atoms with Gasteiger partial charge in [-0.3, -0.25) is 19.6 Å². The summed E-state index contributed by atoms with van der Waals surface area (Å²) in [5.74, 6) is 9.59. The van der Waals surface area contributed by atoms with Crippen molar-refractivity contribution in [3.8, 4) is 23.7 Å². The number of anilines is 1. The molecule has 9 heteroatoms. The second-order valence-corrected chi connectivity index (χ2v) is 6.90. The van der Waals surface area contributed by atoms with Gasteiger partial charge in [-0.05, 0) is 74.3 Å².